The Morgan fingerprint density at radius 3 is 2.78 bits per heavy atom. The average Bonchev–Trinajstić information content (AvgIpc) is 2.88. The molecule has 1 aliphatic heterocycles. The van der Waals surface area contributed by atoms with Crippen molar-refractivity contribution in [2.75, 3.05) is 26.4 Å². The Hall–Kier alpha value is -0.840. The number of aliphatic hydroxyl groups excluding tert-OH is 1. The molecule has 2 N–H and O–H groups in total. The lowest BCUT2D eigenvalue weighted by atomic mass is 9.87. The lowest BCUT2D eigenvalue weighted by molar-refractivity contribution is -0.134. The van der Waals surface area contributed by atoms with Crippen LogP contribution in [0.25, 0.3) is 0 Å². The minimum atomic E-state index is -0.0690. The fourth-order valence-electron chi connectivity index (χ4n) is 2.50. The van der Waals surface area contributed by atoms with E-state index in [1.807, 2.05) is 0 Å². The summed E-state index contributed by atoms with van der Waals surface area (Å²) >= 11 is 0. The minimum Gasteiger partial charge on any atom is -0.464 e. The van der Waals surface area contributed by atoms with Gasteiger partial charge in [-0.2, -0.15) is 0 Å². The number of nitrogens with one attached hydrogen (secondary N) is 1. The summed E-state index contributed by atoms with van der Waals surface area (Å²) < 4.78 is 11.0. The summed E-state index contributed by atoms with van der Waals surface area (Å²) in [6.07, 6.45) is 1.26. The third-order valence-corrected chi connectivity index (χ3v) is 4.11. The zero-order valence-corrected chi connectivity index (χ0v) is 10.8. The number of hydrogen-bond donors (Lipinski definition) is 2. The van der Waals surface area contributed by atoms with Crippen molar-refractivity contribution in [3.63, 3.8) is 0 Å². The van der Waals surface area contributed by atoms with E-state index in [4.69, 9.17) is 9.15 Å². The normalized spacial score (nSPS) is 29.0. The highest BCUT2D eigenvalue weighted by Crippen LogP contribution is 2.47. The maximum atomic E-state index is 9.30. The highest BCUT2D eigenvalue weighted by atomic mass is 16.5. The van der Waals surface area contributed by atoms with Crippen LogP contribution < -0.4 is 5.32 Å². The lowest BCUT2D eigenvalue weighted by Crippen LogP contribution is -2.52. The molecule has 2 aliphatic rings. The first-order valence-electron chi connectivity index (χ1n) is 6.70. The number of ether oxygens (including phenoxy) is 1. The largest absolute Gasteiger partial charge is 0.464 e. The number of hydrogen-bond acceptors (Lipinski definition) is 4. The van der Waals surface area contributed by atoms with E-state index >= 15 is 0 Å². The van der Waals surface area contributed by atoms with E-state index in [0.29, 0.717) is 19.1 Å². The molecule has 0 bridgehead atoms. The third kappa shape index (κ3) is 2.32. The highest BCUT2D eigenvalue weighted by molar-refractivity contribution is 5.17. The van der Waals surface area contributed by atoms with Gasteiger partial charge in [0, 0.05) is 12.5 Å². The van der Waals surface area contributed by atoms with Gasteiger partial charge in [-0.1, -0.05) is 6.92 Å². The molecule has 0 radical (unpaired) electrons. The molecule has 2 atom stereocenters. The second-order valence-electron chi connectivity index (χ2n) is 5.88. The van der Waals surface area contributed by atoms with Crippen molar-refractivity contribution in [2.24, 2.45) is 11.3 Å². The van der Waals surface area contributed by atoms with Crippen LogP contribution in [0.1, 0.15) is 30.8 Å². The number of aliphatic hydroxyl groups is 1. The molecule has 0 aromatic carbocycles. The van der Waals surface area contributed by atoms with E-state index in [2.05, 4.69) is 24.4 Å². The van der Waals surface area contributed by atoms with Crippen LogP contribution in [-0.2, 0) is 11.3 Å². The molecule has 4 heteroatoms. The van der Waals surface area contributed by atoms with E-state index in [1.165, 1.54) is 6.42 Å². The minimum absolute atomic E-state index is 0.0690. The first-order valence-corrected chi connectivity index (χ1v) is 6.70. The summed E-state index contributed by atoms with van der Waals surface area (Å²) in [6.45, 7) is 5.25. The van der Waals surface area contributed by atoms with Crippen molar-refractivity contribution in [2.45, 2.75) is 25.8 Å². The van der Waals surface area contributed by atoms with Crippen LogP contribution in [0.4, 0.5) is 0 Å². The van der Waals surface area contributed by atoms with E-state index in [0.717, 1.165) is 30.5 Å². The molecule has 4 nitrogen and oxygen atoms in total. The van der Waals surface area contributed by atoms with E-state index in [9.17, 15) is 5.11 Å². The van der Waals surface area contributed by atoms with Crippen LogP contribution in [0, 0.1) is 11.3 Å². The topological polar surface area (TPSA) is 54.6 Å². The number of furan rings is 1. The average molecular weight is 251 g/mol. The van der Waals surface area contributed by atoms with Crippen LogP contribution in [0.5, 0.6) is 0 Å². The standard InChI is InChI=1S/C14H21NO3/c1-10-4-12(10)13-3-2-11(18-13)5-15-6-14(7-16)8-17-9-14/h2-3,10,12,15-16H,4-9H2,1H3. The molecular weight excluding hydrogens is 230 g/mol. The van der Waals surface area contributed by atoms with Crippen molar-refractivity contribution >= 4 is 0 Å². The van der Waals surface area contributed by atoms with Gasteiger partial charge >= 0.3 is 0 Å². The van der Waals surface area contributed by atoms with Gasteiger partial charge < -0.3 is 19.6 Å². The smallest absolute Gasteiger partial charge is 0.117 e. The van der Waals surface area contributed by atoms with E-state index in [1.54, 1.807) is 0 Å². The zero-order valence-electron chi connectivity index (χ0n) is 10.8. The Morgan fingerprint density at radius 1 is 1.44 bits per heavy atom. The first kappa shape index (κ1) is 12.2. The van der Waals surface area contributed by atoms with Crippen molar-refractivity contribution in [1.29, 1.82) is 0 Å². The molecule has 18 heavy (non-hydrogen) atoms. The maximum Gasteiger partial charge on any atom is 0.117 e. The second kappa shape index (κ2) is 4.68. The molecule has 1 saturated carbocycles. The predicted molar refractivity (Wildman–Crippen MR) is 67.3 cm³/mol. The molecule has 2 unspecified atom stereocenters. The quantitative estimate of drug-likeness (QED) is 0.804. The third-order valence-electron chi connectivity index (χ3n) is 4.11. The molecule has 1 aromatic heterocycles. The summed E-state index contributed by atoms with van der Waals surface area (Å²) in [5.41, 5.74) is -0.0690. The second-order valence-corrected chi connectivity index (χ2v) is 5.88. The maximum absolute atomic E-state index is 9.30. The van der Waals surface area contributed by atoms with Crippen molar-refractivity contribution in [3.05, 3.63) is 23.7 Å². The van der Waals surface area contributed by atoms with E-state index < -0.39 is 0 Å². The molecule has 2 heterocycles. The zero-order chi connectivity index (χ0) is 12.6. The molecule has 2 fully saturated rings. The molecule has 1 aromatic rings. The van der Waals surface area contributed by atoms with Gasteiger partial charge in [-0.05, 0) is 24.5 Å². The molecule has 3 rings (SSSR count). The SMILES string of the molecule is CC1CC1c1ccc(CNCC2(CO)COC2)o1. The summed E-state index contributed by atoms with van der Waals surface area (Å²) in [4.78, 5) is 0. The Kier molecular flexibility index (Phi) is 3.18. The Bertz CT molecular complexity index is 405. The molecule has 1 saturated heterocycles. The van der Waals surface area contributed by atoms with Crippen LogP contribution in [0.15, 0.2) is 16.5 Å². The first-order chi connectivity index (χ1) is 8.72. The summed E-state index contributed by atoms with van der Waals surface area (Å²) in [5.74, 6) is 3.53. The van der Waals surface area contributed by atoms with Crippen LogP contribution >= 0.6 is 0 Å². The Morgan fingerprint density at radius 2 is 2.22 bits per heavy atom. The summed E-state index contributed by atoms with van der Waals surface area (Å²) in [7, 11) is 0. The highest BCUT2D eigenvalue weighted by Gasteiger charge is 2.38. The molecule has 100 valence electrons. The van der Waals surface area contributed by atoms with Crippen LogP contribution in [0.2, 0.25) is 0 Å². The van der Waals surface area contributed by atoms with Gasteiger partial charge in [0.2, 0.25) is 0 Å². The monoisotopic (exact) mass is 251 g/mol. The fraction of sp³-hybridized carbons (Fsp3) is 0.714. The summed E-state index contributed by atoms with van der Waals surface area (Å²) in [6, 6.07) is 4.15. The summed E-state index contributed by atoms with van der Waals surface area (Å²) in [5, 5.41) is 12.7. The van der Waals surface area contributed by atoms with Crippen LogP contribution in [0.3, 0.4) is 0 Å². The number of rotatable bonds is 6. The molecule has 1 aliphatic carbocycles. The molecular formula is C14H21NO3. The van der Waals surface area contributed by atoms with Gasteiger partial charge in [-0.25, -0.2) is 0 Å². The lowest BCUT2D eigenvalue weighted by Gasteiger charge is -2.39. The van der Waals surface area contributed by atoms with Gasteiger partial charge in [0.15, 0.2) is 0 Å². The fourth-order valence-corrected chi connectivity index (χ4v) is 2.50. The van der Waals surface area contributed by atoms with Gasteiger partial charge in [0.1, 0.15) is 11.5 Å². The Labute approximate surface area is 107 Å². The van der Waals surface area contributed by atoms with E-state index in [-0.39, 0.29) is 12.0 Å². The van der Waals surface area contributed by atoms with Gasteiger partial charge in [0.25, 0.3) is 0 Å². The van der Waals surface area contributed by atoms with Crippen LogP contribution in [-0.4, -0.2) is 31.5 Å². The van der Waals surface area contributed by atoms with Crippen molar-refractivity contribution < 1.29 is 14.3 Å². The Balaban J connectivity index is 1.47. The van der Waals surface area contributed by atoms with Gasteiger partial charge in [-0.15, -0.1) is 0 Å². The van der Waals surface area contributed by atoms with Gasteiger partial charge in [-0.3, -0.25) is 0 Å². The van der Waals surface area contributed by atoms with Crippen molar-refractivity contribution in [3.8, 4) is 0 Å². The molecule has 0 spiro atoms. The van der Waals surface area contributed by atoms with Gasteiger partial charge in [0.05, 0.1) is 31.8 Å². The molecule has 0 amide bonds. The van der Waals surface area contributed by atoms with Crippen molar-refractivity contribution in [1.82, 2.24) is 5.32 Å². The predicted octanol–water partition coefficient (Wildman–Crippen LogP) is 1.50.